The van der Waals surface area contributed by atoms with Crippen LogP contribution in [0.15, 0.2) is 52.2 Å². The van der Waals surface area contributed by atoms with E-state index in [0.717, 1.165) is 11.3 Å². The summed E-state index contributed by atoms with van der Waals surface area (Å²) in [6, 6.07) is 12.1. The van der Waals surface area contributed by atoms with Crippen LogP contribution in [0.4, 0.5) is 10.5 Å². The Hall–Kier alpha value is -3.88. The maximum absolute atomic E-state index is 13.3. The number of rotatable bonds is 6. The predicted molar refractivity (Wildman–Crippen MR) is 150 cm³/mol. The quantitative estimate of drug-likeness (QED) is 0.468. The van der Waals surface area contributed by atoms with Gasteiger partial charge in [-0.15, -0.1) is 6.42 Å². The third-order valence-corrected chi connectivity index (χ3v) is 8.19. The Bertz CT molecular complexity index is 1560. The number of aromatic amines is 1. The van der Waals surface area contributed by atoms with Crippen molar-refractivity contribution in [2.45, 2.75) is 44.7 Å². The van der Waals surface area contributed by atoms with Crippen molar-refractivity contribution in [3.05, 3.63) is 64.2 Å². The third kappa shape index (κ3) is 6.58. The van der Waals surface area contributed by atoms with Crippen LogP contribution in [0.25, 0.3) is 10.9 Å². The summed E-state index contributed by atoms with van der Waals surface area (Å²) < 4.78 is 33.3. The Morgan fingerprint density at radius 2 is 1.79 bits per heavy atom. The number of hydrogen-bond donors (Lipinski definition) is 1. The van der Waals surface area contributed by atoms with E-state index in [0.29, 0.717) is 29.8 Å². The number of hydrogen-bond acceptors (Lipinski definition) is 7. The number of nitrogens with zero attached hydrogens (tertiary/aromatic N) is 4. The second-order valence-electron chi connectivity index (χ2n) is 10.4. The van der Waals surface area contributed by atoms with Crippen molar-refractivity contribution in [3.63, 3.8) is 0 Å². The molecule has 1 fully saturated rings. The minimum Gasteiger partial charge on any atom is -0.444 e. The van der Waals surface area contributed by atoms with Gasteiger partial charge in [-0.05, 0) is 69.7 Å². The van der Waals surface area contributed by atoms with E-state index in [4.69, 9.17) is 11.2 Å². The van der Waals surface area contributed by atoms with Crippen LogP contribution in [0.1, 0.15) is 32.2 Å². The van der Waals surface area contributed by atoms with Crippen LogP contribution in [0.2, 0.25) is 0 Å². The van der Waals surface area contributed by atoms with E-state index >= 15 is 0 Å². The molecule has 1 aromatic heterocycles. The number of terminal acetylenes is 1. The van der Waals surface area contributed by atoms with Crippen LogP contribution >= 0.6 is 0 Å². The lowest BCUT2D eigenvalue weighted by Crippen LogP contribution is -2.51. The van der Waals surface area contributed by atoms with E-state index in [9.17, 15) is 18.0 Å². The molecule has 1 aliphatic rings. The van der Waals surface area contributed by atoms with E-state index in [-0.39, 0.29) is 36.6 Å². The van der Waals surface area contributed by atoms with Crippen molar-refractivity contribution in [3.8, 4) is 12.3 Å². The number of H-pyrrole nitrogens is 1. The van der Waals surface area contributed by atoms with Gasteiger partial charge in [-0.3, -0.25) is 4.79 Å². The monoisotopic (exact) mass is 551 g/mol. The number of piperazine rings is 1. The zero-order chi connectivity index (χ0) is 28.4. The van der Waals surface area contributed by atoms with Gasteiger partial charge >= 0.3 is 6.09 Å². The van der Waals surface area contributed by atoms with Gasteiger partial charge in [0.2, 0.25) is 10.0 Å². The summed E-state index contributed by atoms with van der Waals surface area (Å²) in [5.74, 6) is 3.19. The molecule has 39 heavy (non-hydrogen) atoms. The molecule has 1 N–H and O–H groups in total. The molecule has 3 aromatic rings. The van der Waals surface area contributed by atoms with Crippen LogP contribution in [-0.2, 0) is 21.3 Å². The average Bonchev–Trinajstić information content (AvgIpc) is 2.88. The summed E-state index contributed by atoms with van der Waals surface area (Å²) in [6.45, 7) is 8.70. The topological polar surface area (TPSA) is 116 Å². The first-order valence-corrected chi connectivity index (χ1v) is 14.1. The number of carbonyl (C=O) groups excluding carboxylic acids is 1. The number of benzene rings is 2. The molecule has 0 atom stereocenters. The molecule has 11 heteroatoms. The van der Waals surface area contributed by atoms with Gasteiger partial charge in [0.1, 0.15) is 11.4 Å². The molecule has 10 nitrogen and oxygen atoms in total. The minimum absolute atomic E-state index is 0.163. The molecular formula is C28H33N5O5S. The number of anilines is 1. The fraction of sp³-hybridized carbons (Fsp3) is 0.393. The molecular weight excluding hydrogens is 518 g/mol. The van der Waals surface area contributed by atoms with Crippen LogP contribution in [0.3, 0.4) is 0 Å². The molecule has 1 amide bonds. The first-order chi connectivity index (χ1) is 18.4. The van der Waals surface area contributed by atoms with E-state index in [1.54, 1.807) is 64.1 Å². The van der Waals surface area contributed by atoms with Crippen molar-refractivity contribution < 1.29 is 17.9 Å². The highest BCUT2D eigenvalue weighted by Crippen LogP contribution is 2.24. The number of sulfonamides is 1. The molecule has 0 saturated carbocycles. The third-order valence-electron chi connectivity index (χ3n) is 6.27. The van der Waals surface area contributed by atoms with Gasteiger partial charge in [0.15, 0.2) is 0 Å². The molecule has 0 radical (unpaired) electrons. The molecule has 206 valence electrons. The lowest BCUT2D eigenvalue weighted by atomic mass is 10.1. The molecule has 0 aliphatic carbocycles. The zero-order valence-corrected chi connectivity index (χ0v) is 23.4. The van der Waals surface area contributed by atoms with E-state index in [1.165, 1.54) is 9.21 Å². The number of aryl methyl sites for hydroxylation is 1. The normalized spacial score (nSPS) is 14.7. The standard InChI is InChI=1S/C28H33N5O5S/c1-6-13-32(19-21-7-12-25-24(18-21)26(34)30-20(2)29-25)22-8-10-23(11-9-22)39(36,37)33-16-14-31(15-17-33)27(35)38-28(3,4)5/h1,7-12,18H,13-17,19H2,2-5H3,(H,29,30,34). The fourth-order valence-electron chi connectivity index (χ4n) is 4.39. The molecule has 0 spiro atoms. The van der Waals surface area contributed by atoms with Gasteiger partial charge in [-0.1, -0.05) is 12.0 Å². The average molecular weight is 552 g/mol. The van der Waals surface area contributed by atoms with Gasteiger partial charge in [-0.2, -0.15) is 4.31 Å². The summed E-state index contributed by atoms with van der Waals surface area (Å²) in [6.07, 6.45) is 5.17. The van der Waals surface area contributed by atoms with E-state index in [2.05, 4.69) is 15.9 Å². The minimum atomic E-state index is -3.74. The molecule has 0 unspecified atom stereocenters. The van der Waals surface area contributed by atoms with Crippen molar-refractivity contribution >= 4 is 32.7 Å². The zero-order valence-electron chi connectivity index (χ0n) is 22.6. The fourth-order valence-corrected chi connectivity index (χ4v) is 5.81. The van der Waals surface area contributed by atoms with Gasteiger partial charge in [0, 0.05) is 38.4 Å². The van der Waals surface area contributed by atoms with Gasteiger partial charge < -0.3 is 19.5 Å². The highest BCUT2D eigenvalue weighted by Gasteiger charge is 2.32. The molecule has 1 saturated heterocycles. The molecule has 0 bridgehead atoms. The van der Waals surface area contributed by atoms with Gasteiger partial charge in [0.25, 0.3) is 5.56 Å². The van der Waals surface area contributed by atoms with Crippen LogP contribution < -0.4 is 10.5 Å². The van der Waals surface area contributed by atoms with Crippen molar-refractivity contribution in [2.24, 2.45) is 0 Å². The summed E-state index contributed by atoms with van der Waals surface area (Å²) in [4.78, 5) is 35.4. The van der Waals surface area contributed by atoms with Crippen LogP contribution in [-0.4, -0.2) is 72.0 Å². The Kier molecular flexibility index (Phi) is 7.99. The highest BCUT2D eigenvalue weighted by molar-refractivity contribution is 7.89. The lowest BCUT2D eigenvalue weighted by Gasteiger charge is -2.35. The molecule has 2 heterocycles. The second-order valence-corrected chi connectivity index (χ2v) is 12.4. The largest absolute Gasteiger partial charge is 0.444 e. The number of fused-ring (bicyclic) bond motifs is 1. The van der Waals surface area contributed by atoms with Crippen LogP contribution in [0.5, 0.6) is 0 Å². The number of nitrogens with one attached hydrogen (secondary N) is 1. The predicted octanol–water partition coefficient (Wildman–Crippen LogP) is 3.11. The number of aromatic nitrogens is 2. The van der Waals surface area contributed by atoms with Crippen molar-refractivity contribution in [1.29, 1.82) is 0 Å². The van der Waals surface area contributed by atoms with Crippen LogP contribution in [0, 0.1) is 19.3 Å². The summed E-state index contributed by atoms with van der Waals surface area (Å²) >= 11 is 0. The molecule has 2 aromatic carbocycles. The Morgan fingerprint density at radius 1 is 1.13 bits per heavy atom. The number of carbonyl (C=O) groups is 1. The van der Waals surface area contributed by atoms with E-state index < -0.39 is 21.7 Å². The Labute approximate surface area is 228 Å². The first-order valence-electron chi connectivity index (χ1n) is 12.6. The van der Waals surface area contributed by atoms with Crippen molar-refractivity contribution in [2.75, 3.05) is 37.6 Å². The summed E-state index contributed by atoms with van der Waals surface area (Å²) in [7, 11) is -3.74. The Balaban J connectivity index is 1.47. The second kappa shape index (κ2) is 11.1. The summed E-state index contributed by atoms with van der Waals surface area (Å²) in [5, 5.41) is 0.493. The first kappa shape index (κ1) is 28.1. The van der Waals surface area contributed by atoms with E-state index in [1.807, 2.05) is 11.0 Å². The summed E-state index contributed by atoms with van der Waals surface area (Å²) in [5.41, 5.74) is 1.41. The lowest BCUT2D eigenvalue weighted by molar-refractivity contribution is 0.0192. The smallest absolute Gasteiger partial charge is 0.410 e. The molecule has 1 aliphatic heterocycles. The molecule has 4 rings (SSSR count). The maximum Gasteiger partial charge on any atom is 0.410 e. The SMILES string of the molecule is C#CCN(Cc1ccc2nc(C)[nH]c(=O)c2c1)c1ccc(S(=O)(=O)N2CCN(C(=O)OC(C)(C)C)CC2)cc1. The maximum atomic E-state index is 13.3. The van der Waals surface area contributed by atoms with Gasteiger partial charge in [0.05, 0.1) is 22.3 Å². The number of ether oxygens (including phenoxy) is 1. The van der Waals surface area contributed by atoms with Crippen molar-refractivity contribution in [1.82, 2.24) is 19.2 Å². The Morgan fingerprint density at radius 3 is 2.41 bits per heavy atom. The van der Waals surface area contributed by atoms with Gasteiger partial charge in [-0.25, -0.2) is 18.2 Å². The highest BCUT2D eigenvalue weighted by atomic mass is 32.2. The number of amides is 1.